The van der Waals surface area contributed by atoms with Crippen molar-refractivity contribution < 1.29 is 13.2 Å². The molecule has 1 atom stereocenters. The van der Waals surface area contributed by atoms with Gasteiger partial charge in [-0.2, -0.15) is 0 Å². The van der Waals surface area contributed by atoms with Crippen molar-refractivity contribution in [3.8, 4) is 0 Å². The molecule has 8 heteroatoms. The first-order valence-corrected chi connectivity index (χ1v) is 12.9. The molecule has 2 fully saturated rings. The maximum absolute atomic E-state index is 13.1. The minimum atomic E-state index is -3.83. The molecule has 1 N–H and O–H groups in total. The van der Waals surface area contributed by atoms with Crippen LogP contribution in [0.15, 0.2) is 65.7 Å². The van der Waals surface area contributed by atoms with Crippen molar-refractivity contribution in [2.24, 2.45) is 5.92 Å². The lowest BCUT2D eigenvalue weighted by atomic mass is 10.1. The van der Waals surface area contributed by atoms with Crippen molar-refractivity contribution in [1.82, 2.24) is 14.8 Å². The highest BCUT2D eigenvalue weighted by atomic mass is 32.2. The Balaban J connectivity index is 1.28. The number of anilines is 1. The molecule has 3 aromatic rings. The third-order valence-corrected chi connectivity index (χ3v) is 7.87. The fourth-order valence-corrected chi connectivity index (χ4v) is 5.76. The summed E-state index contributed by atoms with van der Waals surface area (Å²) in [5.41, 5.74) is 1.39. The minimum Gasteiger partial charge on any atom is -0.333 e. The summed E-state index contributed by atoms with van der Waals surface area (Å²) < 4.78 is 28.6. The summed E-state index contributed by atoms with van der Waals surface area (Å²) in [6.45, 7) is 5.77. The Bertz CT molecular complexity index is 1270. The molecular formula is C25H28N4O3S. The van der Waals surface area contributed by atoms with Crippen LogP contribution in [0, 0.1) is 5.92 Å². The Morgan fingerprint density at radius 3 is 2.55 bits per heavy atom. The number of benzene rings is 2. The highest BCUT2D eigenvalue weighted by molar-refractivity contribution is 7.93. The highest BCUT2D eigenvalue weighted by Gasteiger charge is 2.31. The molecule has 0 spiro atoms. The number of sulfonamides is 1. The van der Waals surface area contributed by atoms with E-state index in [9.17, 15) is 13.2 Å². The number of aromatic nitrogens is 1. The zero-order valence-corrected chi connectivity index (χ0v) is 19.5. The van der Waals surface area contributed by atoms with Crippen LogP contribution in [0.2, 0.25) is 0 Å². The zero-order chi connectivity index (χ0) is 23.0. The Labute approximate surface area is 194 Å². The third kappa shape index (κ3) is 4.72. The highest BCUT2D eigenvalue weighted by Crippen LogP contribution is 2.30. The SMILES string of the molecule is C[C@@H]1CN(CC2CC2)CCN1C(=O)c1ccc(NS(=O)(=O)c2cccc3cccnc23)cc1. The van der Waals surface area contributed by atoms with Gasteiger partial charge in [-0.05, 0) is 62.1 Å². The van der Waals surface area contributed by atoms with Crippen LogP contribution in [0.4, 0.5) is 5.69 Å². The molecule has 33 heavy (non-hydrogen) atoms. The smallest absolute Gasteiger partial charge is 0.264 e. The monoisotopic (exact) mass is 464 g/mol. The number of pyridine rings is 1. The number of carbonyl (C=O) groups excluding carboxylic acids is 1. The molecule has 0 unspecified atom stereocenters. The maximum Gasteiger partial charge on any atom is 0.264 e. The molecule has 172 valence electrons. The lowest BCUT2D eigenvalue weighted by molar-refractivity contribution is 0.0482. The normalized spacial score (nSPS) is 19.5. The second-order valence-corrected chi connectivity index (χ2v) is 10.7. The van der Waals surface area contributed by atoms with Crippen molar-refractivity contribution >= 4 is 32.5 Å². The zero-order valence-electron chi connectivity index (χ0n) is 18.6. The average Bonchev–Trinajstić information content (AvgIpc) is 3.63. The second kappa shape index (κ2) is 8.76. The van der Waals surface area contributed by atoms with E-state index < -0.39 is 10.0 Å². The average molecular weight is 465 g/mol. The largest absolute Gasteiger partial charge is 0.333 e. The van der Waals surface area contributed by atoms with Crippen LogP contribution in [0.1, 0.15) is 30.1 Å². The summed E-state index contributed by atoms with van der Waals surface area (Å²) >= 11 is 0. The van der Waals surface area contributed by atoms with Crippen LogP contribution >= 0.6 is 0 Å². The van der Waals surface area contributed by atoms with Crippen LogP contribution in [0.3, 0.4) is 0 Å². The number of piperazine rings is 1. The lowest BCUT2D eigenvalue weighted by Crippen LogP contribution is -2.54. The molecule has 1 aliphatic carbocycles. The van der Waals surface area contributed by atoms with Crippen LogP contribution < -0.4 is 4.72 Å². The van der Waals surface area contributed by atoms with Crippen molar-refractivity contribution in [1.29, 1.82) is 0 Å². The van der Waals surface area contributed by atoms with Gasteiger partial charge in [0.05, 0.1) is 5.52 Å². The molecule has 1 saturated heterocycles. The van der Waals surface area contributed by atoms with Gasteiger partial charge < -0.3 is 4.90 Å². The van der Waals surface area contributed by atoms with Gasteiger partial charge >= 0.3 is 0 Å². The van der Waals surface area contributed by atoms with Crippen LogP contribution in [-0.4, -0.2) is 61.3 Å². The van der Waals surface area contributed by atoms with E-state index in [0.717, 1.165) is 37.5 Å². The number of fused-ring (bicyclic) bond motifs is 1. The molecule has 2 heterocycles. The molecule has 7 nitrogen and oxygen atoms in total. The van der Waals surface area contributed by atoms with Crippen molar-refractivity contribution in [3.63, 3.8) is 0 Å². The van der Waals surface area contributed by atoms with E-state index in [1.54, 1.807) is 48.7 Å². The molecule has 1 saturated carbocycles. The Hall–Kier alpha value is -2.97. The number of nitrogens with one attached hydrogen (secondary N) is 1. The van der Waals surface area contributed by atoms with Gasteiger partial charge in [0.15, 0.2) is 0 Å². The third-order valence-electron chi connectivity index (χ3n) is 6.46. The quantitative estimate of drug-likeness (QED) is 0.603. The van der Waals surface area contributed by atoms with Gasteiger partial charge in [0, 0.05) is 55.1 Å². The van der Waals surface area contributed by atoms with Gasteiger partial charge in [-0.1, -0.05) is 18.2 Å². The first kappa shape index (κ1) is 21.9. The van der Waals surface area contributed by atoms with Crippen molar-refractivity contribution in [3.05, 3.63) is 66.4 Å². The molecule has 1 aliphatic heterocycles. The summed E-state index contributed by atoms with van der Waals surface area (Å²) in [6.07, 6.45) is 4.25. The first-order valence-electron chi connectivity index (χ1n) is 11.4. The van der Waals surface area contributed by atoms with Crippen LogP contribution in [0.5, 0.6) is 0 Å². The fraction of sp³-hybridized carbons (Fsp3) is 0.360. The van der Waals surface area contributed by atoms with Gasteiger partial charge in [-0.15, -0.1) is 0 Å². The first-order chi connectivity index (χ1) is 15.9. The Morgan fingerprint density at radius 1 is 1.06 bits per heavy atom. The topological polar surface area (TPSA) is 82.6 Å². The maximum atomic E-state index is 13.1. The molecule has 2 aromatic carbocycles. The number of carbonyl (C=O) groups is 1. The lowest BCUT2D eigenvalue weighted by Gasteiger charge is -2.40. The van der Waals surface area contributed by atoms with Gasteiger partial charge in [-0.3, -0.25) is 19.4 Å². The molecule has 2 aliphatic rings. The van der Waals surface area contributed by atoms with E-state index in [0.29, 0.717) is 16.8 Å². The Kier molecular flexibility index (Phi) is 5.80. The summed E-state index contributed by atoms with van der Waals surface area (Å²) in [6, 6.07) is 15.5. The number of amides is 1. The molecule has 0 radical (unpaired) electrons. The number of para-hydroxylation sites is 1. The fourth-order valence-electron chi connectivity index (χ4n) is 4.52. The van der Waals surface area contributed by atoms with E-state index in [4.69, 9.17) is 0 Å². The van der Waals surface area contributed by atoms with Gasteiger partial charge in [-0.25, -0.2) is 8.42 Å². The van der Waals surface area contributed by atoms with Gasteiger partial charge in [0.2, 0.25) is 0 Å². The van der Waals surface area contributed by atoms with E-state index in [1.807, 2.05) is 17.0 Å². The molecular weight excluding hydrogens is 436 g/mol. The molecule has 1 aromatic heterocycles. The van der Waals surface area contributed by atoms with E-state index in [-0.39, 0.29) is 16.8 Å². The summed E-state index contributed by atoms with van der Waals surface area (Å²) in [5.74, 6) is 0.835. The van der Waals surface area contributed by atoms with Crippen LogP contribution in [-0.2, 0) is 10.0 Å². The van der Waals surface area contributed by atoms with E-state index >= 15 is 0 Å². The number of hydrogen-bond donors (Lipinski definition) is 1. The van der Waals surface area contributed by atoms with E-state index in [1.165, 1.54) is 12.8 Å². The summed E-state index contributed by atoms with van der Waals surface area (Å²) in [4.78, 5) is 21.8. The van der Waals surface area contributed by atoms with Crippen molar-refractivity contribution in [2.75, 3.05) is 30.9 Å². The van der Waals surface area contributed by atoms with Crippen LogP contribution in [0.25, 0.3) is 10.9 Å². The standard InChI is InChI=1S/C25H28N4O3S/c1-18-16-28(17-19-7-8-19)14-15-29(18)25(30)21-9-11-22(12-10-21)27-33(31,32)23-6-2-4-20-5-3-13-26-24(20)23/h2-6,9-13,18-19,27H,7-8,14-17H2,1H3/t18-/m1/s1. The predicted octanol–water partition coefficient (Wildman–Crippen LogP) is 3.59. The number of rotatable bonds is 6. The van der Waals surface area contributed by atoms with Gasteiger partial charge in [0.1, 0.15) is 4.90 Å². The molecule has 5 rings (SSSR count). The van der Waals surface area contributed by atoms with Gasteiger partial charge in [0.25, 0.3) is 15.9 Å². The summed E-state index contributed by atoms with van der Waals surface area (Å²) in [7, 11) is -3.83. The Morgan fingerprint density at radius 2 is 1.82 bits per heavy atom. The summed E-state index contributed by atoms with van der Waals surface area (Å²) in [5, 5.41) is 0.757. The van der Waals surface area contributed by atoms with Crippen molar-refractivity contribution in [2.45, 2.75) is 30.7 Å². The predicted molar refractivity (Wildman–Crippen MR) is 129 cm³/mol. The second-order valence-electron chi connectivity index (χ2n) is 9.06. The molecule has 1 amide bonds. The molecule has 0 bridgehead atoms. The minimum absolute atomic E-state index is 0.0127. The number of nitrogens with zero attached hydrogens (tertiary/aromatic N) is 3. The number of hydrogen-bond acceptors (Lipinski definition) is 5. The van der Waals surface area contributed by atoms with E-state index in [2.05, 4.69) is 21.5 Å².